The molecule has 2 aromatic rings. The molecule has 0 unspecified atom stereocenters. The Hall–Kier alpha value is -1.08. The van der Waals surface area contributed by atoms with Crippen LogP contribution in [0.1, 0.15) is 0 Å². The van der Waals surface area contributed by atoms with Crippen LogP contribution in [0.15, 0.2) is 46.2 Å². The summed E-state index contributed by atoms with van der Waals surface area (Å²) in [6, 6.07) is 9.09. The van der Waals surface area contributed by atoms with Gasteiger partial charge in [0.2, 0.25) is 10.0 Å². The Labute approximate surface area is 126 Å². The number of hydrogen-bond donors (Lipinski definition) is 1. The molecule has 2 rings (SSSR count). The zero-order chi connectivity index (χ0) is 14.9. The molecule has 0 aliphatic rings. The van der Waals surface area contributed by atoms with Gasteiger partial charge in [-0.05, 0) is 47.7 Å². The normalized spacial score (nSPS) is 11.6. The molecule has 0 radical (unpaired) electrons. The molecule has 0 amide bonds. The Morgan fingerprint density at radius 2 is 1.90 bits per heavy atom. The Bertz CT molecular complexity index is 763. The minimum absolute atomic E-state index is 0.519. The lowest BCUT2D eigenvalue weighted by Gasteiger charge is -2.09. The van der Waals surface area contributed by atoms with Gasteiger partial charge in [-0.15, -0.1) is 11.8 Å². The summed E-state index contributed by atoms with van der Waals surface area (Å²) in [5.41, 5.74) is 1.28. The number of thioether (sulfide) groups is 1. The maximum absolute atomic E-state index is 13.9. The number of rotatable bonds is 3. The monoisotopic (exact) mass is 331 g/mol. The van der Waals surface area contributed by atoms with Crippen molar-refractivity contribution in [3.05, 3.63) is 47.2 Å². The van der Waals surface area contributed by atoms with Gasteiger partial charge in [-0.2, -0.15) is 0 Å². The van der Waals surface area contributed by atoms with E-state index in [1.54, 1.807) is 12.1 Å². The van der Waals surface area contributed by atoms with Crippen molar-refractivity contribution < 1.29 is 12.8 Å². The molecule has 2 aromatic carbocycles. The topological polar surface area (TPSA) is 60.2 Å². The second-order valence-electron chi connectivity index (χ2n) is 4.03. The quantitative estimate of drug-likeness (QED) is 0.875. The molecule has 0 aromatic heterocycles. The summed E-state index contributed by atoms with van der Waals surface area (Å²) in [7, 11) is -4.06. The predicted molar refractivity (Wildman–Crippen MR) is 80.0 cm³/mol. The van der Waals surface area contributed by atoms with E-state index >= 15 is 0 Å². The maximum atomic E-state index is 13.9. The Morgan fingerprint density at radius 3 is 2.45 bits per heavy atom. The molecule has 0 saturated carbocycles. The highest BCUT2D eigenvalue weighted by molar-refractivity contribution is 7.98. The lowest BCUT2D eigenvalue weighted by molar-refractivity contribution is 0.568. The highest BCUT2D eigenvalue weighted by Gasteiger charge is 2.16. The van der Waals surface area contributed by atoms with Gasteiger partial charge in [0, 0.05) is 9.92 Å². The average molecular weight is 332 g/mol. The molecular formula is C13H11ClFNO2S2. The van der Waals surface area contributed by atoms with Gasteiger partial charge in [-0.3, -0.25) is 0 Å². The van der Waals surface area contributed by atoms with Crippen LogP contribution in [0.3, 0.4) is 0 Å². The summed E-state index contributed by atoms with van der Waals surface area (Å²) in [5.74, 6) is -0.878. The van der Waals surface area contributed by atoms with Gasteiger partial charge in [0.25, 0.3) is 0 Å². The van der Waals surface area contributed by atoms with Crippen LogP contribution < -0.4 is 5.14 Å². The van der Waals surface area contributed by atoms with E-state index in [0.29, 0.717) is 10.6 Å². The molecule has 0 fully saturated rings. The fourth-order valence-electron chi connectivity index (χ4n) is 1.80. The van der Waals surface area contributed by atoms with Crippen molar-refractivity contribution in [1.29, 1.82) is 0 Å². The lowest BCUT2D eigenvalue weighted by atomic mass is 10.1. The van der Waals surface area contributed by atoms with Crippen molar-refractivity contribution in [3.8, 4) is 11.1 Å². The molecule has 0 bridgehead atoms. The van der Waals surface area contributed by atoms with Gasteiger partial charge in [-0.25, -0.2) is 17.9 Å². The smallest absolute Gasteiger partial charge is 0.225 e. The summed E-state index contributed by atoms with van der Waals surface area (Å²) in [6.07, 6.45) is 1.89. The summed E-state index contributed by atoms with van der Waals surface area (Å²) in [6.45, 7) is 0. The molecule has 106 valence electrons. The molecule has 0 heterocycles. The SMILES string of the molecule is CSc1ccc(Cl)cc1-c1ccc(S(N)(=O)=O)c(F)c1. The molecular weight excluding hydrogens is 321 g/mol. The van der Waals surface area contributed by atoms with E-state index in [4.69, 9.17) is 16.7 Å². The highest BCUT2D eigenvalue weighted by Crippen LogP contribution is 2.33. The first-order valence-electron chi connectivity index (χ1n) is 5.49. The number of sulfonamides is 1. The third-order valence-electron chi connectivity index (χ3n) is 2.71. The Morgan fingerprint density at radius 1 is 1.20 bits per heavy atom. The van der Waals surface area contributed by atoms with Gasteiger partial charge in [0.15, 0.2) is 0 Å². The molecule has 20 heavy (non-hydrogen) atoms. The zero-order valence-corrected chi connectivity index (χ0v) is 12.8. The minimum Gasteiger partial charge on any atom is -0.225 e. The number of hydrogen-bond acceptors (Lipinski definition) is 3. The molecule has 0 saturated heterocycles. The first kappa shape index (κ1) is 15.3. The van der Waals surface area contributed by atoms with Crippen LogP contribution in [0.2, 0.25) is 5.02 Å². The van der Waals surface area contributed by atoms with E-state index in [2.05, 4.69) is 0 Å². The summed E-state index contributed by atoms with van der Waals surface area (Å²) in [4.78, 5) is 0.395. The van der Waals surface area contributed by atoms with E-state index in [0.717, 1.165) is 22.6 Å². The van der Waals surface area contributed by atoms with Crippen LogP contribution in [0, 0.1) is 5.82 Å². The fraction of sp³-hybridized carbons (Fsp3) is 0.0769. The van der Waals surface area contributed by atoms with Gasteiger partial charge in [-0.1, -0.05) is 17.7 Å². The summed E-state index contributed by atoms with van der Waals surface area (Å²) >= 11 is 7.44. The van der Waals surface area contributed by atoms with Crippen LogP contribution in [-0.2, 0) is 10.0 Å². The predicted octanol–water partition coefficient (Wildman–Crippen LogP) is 3.52. The first-order chi connectivity index (χ1) is 9.32. The molecule has 3 nitrogen and oxygen atoms in total. The Balaban J connectivity index is 2.61. The molecule has 7 heteroatoms. The lowest BCUT2D eigenvalue weighted by Crippen LogP contribution is -2.13. The number of benzene rings is 2. The molecule has 2 N–H and O–H groups in total. The van der Waals surface area contributed by atoms with Crippen LogP contribution >= 0.6 is 23.4 Å². The van der Waals surface area contributed by atoms with E-state index in [9.17, 15) is 12.8 Å². The average Bonchev–Trinajstić information content (AvgIpc) is 2.37. The van der Waals surface area contributed by atoms with E-state index in [-0.39, 0.29) is 0 Å². The van der Waals surface area contributed by atoms with Crippen molar-refractivity contribution in [3.63, 3.8) is 0 Å². The van der Waals surface area contributed by atoms with Gasteiger partial charge in [0.1, 0.15) is 10.7 Å². The van der Waals surface area contributed by atoms with Crippen molar-refractivity contribution in [2.24, 2.45) is 5.14 Å². The number of primary sulfonamides is 1. The van der Waals surface area contributed by atoms with Gasteiger partial charge >= 0.3 is 0 Å². The highest BCUT2D eigenvalue weighted by atomic mass is 35.5. The zero-order valence-electron chi connectivity index (χ0n) is 10.4. The second kappa shape index (κ2) is 5.73. The third-order valence-corrected chi connectivity index (χ3v) is 4.69. The standard InChI is InChI=1S/C13H11ClFNO2S2/c1-19-12-4-3-9(14)7-10(12)8-2-5-13(11(15)6-8)20(16,17)18/h2-7H,1H3,(H2,16,17,18). The molecule has 0 spiro atoms. The Kier molecular flexibility index (Phi) is 4.39. The fourth-order valence-corrected chi connectivity index (χ4v) is 3.17. The van der Waals surface area contributed by atoms with E-state index in [1.807, 2.05) is 12.3 Å². The van der Waals surface area contributed by atoms with Crippen LogP contribution in [-0.4, -0.2) is 14.7 Å². The molecule has 0 aliphatic carbocycles. The summed E-state index contributed by atoms with van der Waals surface area (Å²) in [5, 5.41) is 5.46. The second-order valence-corrected chi connectivity index (χ2v) is 6.85. The number of halogens is 2. The summed E-state index contributed by atoms with van der Waals surface area (Å²) < 4.78 is 36.3. The van der Waals surface area contributed by atoms with Crippen LogP contribution in [0.5, 0.6) is 0 Å². The van der Waals surface area contributed by atoms with E-state index < -0.39 is 20.7 Å². The largest absolute Gasteiger partial charge is 0.240 e. The van der Waals surface area contributed by atoms with Crippen molar-refractivity contribution in [1.82, 2.24) is 0 Å². The first-order valence-corrected chi connectivity index (χ1v) is 8.64. The minimum atomic E-state index is -4.06. The van der Waals surface area contributed by atoms with Crippen molar-refractivity contribution in [2.45, 2.75) is 9.79 Å². The molecule has 0 aliphatic heterocycles. The van der Waals surface area contributed by atoms with Crippen molar-refractivity contribution in [2.75, 3.05) is 6.26 Å². The van der Waals surface area contributed by atoms with Crippen molar-refractivity contribution >= 4 is 33.4 Å². The van der Waals surface area contributed by atoms with Gasteiger partial charge < -0.3 is 0 Å². The third kappa shape index (κ3) is 3.15. The molecule has 0 atom stereocenters. The maximum Gasteiger partial charge on any atom is 0.240 e. The van der Waals surface area contributed by atoms with Crippen LogP contribution in [0.4, 0.5) is 4.39 Å². The van der Waals surface area contributed by atoms with Crippen LogP contribution in [0.25, 0.3) is 11.1 Å². The van der Waals surface area contributed by atoms with Gasteiger partial charge in [0.05, 0.1) is 0 Å². The number of nitrogens with two attached hydrogens (primary N) is 1. The van der Waals surface area contributed by atoms with E-state index in [1.165, 1.54) is 17.8 Å².